The van der Waals surface area contributed by atoms with E-state index in [9.17, 15) is 4.79 Å². The molecule has 4 rings (SSSR count). The van der Waals surface area contributed by atoms with Crippen molar-refractivity contribution >= 4 is 23.5 Å². The summed E-state index contributed by atoms with van der Waals surface area (Å²) in [5.74, 6) is 0.576. The van der Waals surface area contributed by atoms with Gasteiger partial charge in [0.25, 0.3) is 5.91 Å². The number of guanidine groups is 1. The maximum absolute atomic E-state index is 13.6. The second kappa shape index (κ2) is 7.17. The molecule has 1 fully saturated rings. The highest BCUT2D eigenvalue weighted by Crippen LogP contribution is 2.52. The van der Waals surface area contributed by atoms with Gasteiger partial charge in [-0.3, -0.25) is 9.69 Å². The molecular formula is C24H28ClN3O. The Morgan fingerprint density at radius 1 is 1.14 bits per heavy atom. The number of hydrogen-bond donors (Lipinski definition) is 1. The lowest BCUT2D eigenvalue weighted by molar-refractivity contribution is -0.132. The van der Waals surface area contributed by atoms with Crippen molar-refractivity contribution in [1.82, 2.24) is 4.90 Å². The van der Waals surface area contributed by atoms with Gasteiger partial charge in [-0.05, 0) is 65.5 Å². The molecule has 0 aromatic heterocycles. The number of amides is 1. The van der Waals surface area contributed by atoms with Gasteiger partial charge in [-0.25, -0.2) is 4.99 Å². The normalized spacial score (nSPS) is 22.1. The van der Waals surface area contributed by atoms with Gasteiger partial charge in [-0.15, -0.1) is 0 Å². The first-order valence-corrected chi connectivity index (χ1v) is 10.6. The minimum Gasteiger partial charge on any atom is -0.369 e. The van der Waals surface area contributed by atoms with Gasteiger partial charge in [0.1, 0.15) is 0 Å². The lowest BCUT2D eigenvalue weighted by Gasteiger charge is -2.28. The molecular weight excluding hydrogens is 382 g/mol. The summed E-state index contributed by atoms with van der Waals surface area (Å²) in [6.07, 6.45) is 2.87. The fraction of sp³-hybridized carbons (Fsp3) is 0.417. The second-order valence-corrected chi connectivity index (χ2v) is 9.81. The number of halogens is 1. The van der Waals surface area contributed by atoms with E-state index in [1.807, 2.05) is 42.5 Å². The number of rotatable bonds is 5. The van der Waals surface area contributed by atoms with Crippen LogP contribution in [-0.2, 0) is 10.3 Å². The van der Waals surface area contributed by atoms with Gasteiger partial charge in [0.2, 0.25) is 0 Å². The summed E-state index contributed by atoms with van der Waals surface area (Å²) >= 11 is 6.18. The Bertz CT molecular complexity index is 974. The topological polar surface area (TPSA) is 58.7 Å². The van der Waals surface area contributed by atoms with Gasteiger partial charge in [0.05, 0.1) is 0 Å². The summed E-state index contributed by atoms with van der Waals surface area (Å²) < 4.78 is 0. The molecule has 2 aliphatic rings. The highest BCUT2D eigenvalue weighted by Gasteiger charge is 2.58. The Balaban J connectivity index is 1.72. The molecule has 1 amide bonds. The zero-order valence-corrected chi connectivity index (χ0v) is 18.0. The highest BCUT2D eigenvalue weighted by atomic mass is 35.5. The van der Waals surface area contributed by atoms with Crippen LogP contribution in [0, 0.1) is 11.3 Å². The van der Waals surface area contributed by atoms with Gasteiger partial charge in [0, 0.05) is 11.6 Å². The first kappa shape index (κ1) is 20.0. The third-order valence-electron chi connectivity index (χ3n) is 5.85. The van der Waals surface area contributed by atoms with Crippen LogP contribution in [0.4, 0.5) is 0 Å². The summed E-state index contributed by atoms with van der Waals surface area (Å²) in [7, 11) is 0. The molecule has 1 aliphatic carbocycles. The van der Waals surface area contributed by atoms with Crippen LogP contribution in [0.15, 0.2) is 53.5 Å². The molecule has 5 heteroatoms. The van der Waals surface area contributed by atoms with Gasteiger partial charge in [-0.1, -0.05) is 62.7 Å². The van der Waals surface area contributed by atoms with Gasteiger partial charge in [0.15, 0.2) is 11.5 Å². The summed E-state index contributed by atoms with van der Waals surface area (Å²) in [5.41, 5.74) is 8.49. The predicted molar refractivity (Wildman–Crippen MR) is 119 cm³/mol. The zero-order chi connectivity index (χ0) is 20.8. The smallest absolute Gasteiger partial charge is 0.262 e. The van der Waals surface area contributed by atoms with Crippen LogP contribution in [0.1, 0.15) is 45.6 Å². The fourth-order valence-corrected chi connectivity index (χ4v) is 4.25. The highest BCUT2D eigenvalue weighted by molar-refractivity contribution is 6.30. The van der Waals surface area contributed by atoms with Crippen LogP contribution in [0.2, 0.25) is 5.02 Å². The molecule has 0 bridgehead atoms. The molecule has 152 valence electrons. The predicted octanol–water partition coefficient (Wildman–Crippen LogP) is 5.21. The second-order valence-electron chi connectivity index (χ2n) is 9.37. The molecule has 0 radical (unpaired) electrons. The van der Waals surface area contributed by atoms with Crippen molar-refractivity contribution in [3.63, 3.8) is 0 Å². The first-order valence-electron chi connectivity index (χ1n) is 10.2. The van der Waals surface area contributed by atoms with Gasteiger partial charge in [-0.2, -0.15) is 0 Å². The summed E-state index contributed by atoms with van der Waals surface area (Å²) in [4.78, 5) is 20.2. The number of hydrogen-bond acceptors (Lipinski definition) is 3. The van der Waals surface area contributed by atoms with Gasteiger partial charge >= 0.3 is 0 Å². The van der Waals surface area contributed by atoms with Gasteiger partial charge < -0.3 is 5.73 Å². The quantitative estimate of drug-likeness (QED) is 0.737. The molecule has 2 aromatic rings. The summed E-state index contributed by atoms with van der Waals surface area (Å²) in [5, 5.41) is 0.692. The van der Waals surface area contributed by atoms with Crippen molar-refractivity contribution in [3.05, 3.63) is 59.1 Å². The lowest BCUT2D eigenvalue weighted by atomic mass is 9.83. The fourth-order valence-electron chi connectivity index (χ4n) is 4.06. The Morgan fingerprint density at radius 2 is 1.79 bits per heavy atom. The number of aliphatic imine (C=N–C) groups is 1. The Morgan fingerprint density at radius 3 is 2.41 bits per heavy atom. The first-order chi connectivity index (χ1) is 13.7. The van der Waals surface area contributed by atoms with E-state index in [1.54, 1.807) is 4.90 Å². The maximum Gasteiger partial charge on any atom is 0.262 e. The monoisotopic (exact) mass is 409 g/mol. The van der Waals surface area contributed by atoms with Crippen molar-refractivity contribution in [3.8, 4) is 11.1 Å². The van der Waals surface area contributed by atoms with E-state index in [1.165, 1.54) is 0 Å². The Kier molecular flexibility index (Phi) is 4.94. The van der Waals surface area contributed by atoms with Crippen molar-refractivity contribution in [2.24, 2.45) is 22.1 Å². The molecule has 29 heavy (non-hydrogen) atoms. The summed E-state index contributed by atoms with van der Waals surface area (Å²) in [6.45, 7) is 7.11. The van der Waals surface area contributed by atoms with E-state index >= 15 is 0 Å². The van der Waals surface area contributed by atoms with E-state index < -0.39 is 5.54 Å². The van der Waals surface area contributed by atoms with E-state index in [0.717, 1.165) is 36.0 Å². The van der Waals surface area contributed by atoms with Crippen molar-refractivity contribution in [2.75, 3.05) is 6.54 Å². The molecule has 1 atom stereocenters. The van der Waals surface area contributed by atoms with E-state index in [-0.39, 0.29) is 17.2 Å². The number of carbonyl (C=O) groups excluding carboxylic acids is 1. The largest absolute Gasteiger partial charge is 0.369 e. The van der Waals surface area contributed by atoms with E-state index in [0.29, 0.717) is 17.5 Å². The maximum atomic E-state index is 13.6. The Labute approximate surface area is 177 Å². The summed E-state index contributed by atoms with van der Waals surface area (Å²) in [6, 6.07) is 15.9. The Hall–Kier alpha value is -2.33. The number of benzene rings is 2. The molecule has 2 N–H and O–H groups in total. The molecule has 2 aromatic carbocycles. The molecule has 1 aliphatic heterocycles. The average Bonchev–Trinajstić information content (AvgIpc) is 3.47. The molecule has 0 saturated heterocycles. The van der Waals surface area contributed by atoms with Crippen LogP contribution < -0.4 is 5.73 Å². The van der Waals surface area contributed by atoms with Crippen molar-refractivity contribution in [1.29, 1.82) is 0 Å². The standard InChI is InChI=1S/C24H28ClN3O/c1-23(2,3)12-13-28-21(29)24(18-10-11-18,27-22(28)26)19-8-4-6-16(14-19)17-7-5-9-20(25)15-17/h4-9,14-15,18H,10-13H2,1-3H3,(H2,26,27). The van der Waals surface area contributed by atoms with Crippen LogP contribution in [0.5, 0.6) is 0 Å². The average molecular weight is 410 g/mol. The number of carbonyl (C=O) groups is 1. The van der Waals surface area contributed by atoms with Crippen LogP contribution >= 0.6 is 11.6 Å². The lowest BCUT2D eigenvalue weighted by Crippen LogP contribution is -2.45. The minimum atomic E-state index is -0.892. The van der Waals surface area contributed by atoms with E-state index in [4.69, 9.17) is 22.3 Å². The minimum absolute atomic E-state index is 0.0185. The van der Waals surface area contributed by atoms with E-state index in [2.05, 4.69) is 26.8 Å². The van der Waals surface area contributed by atoms with Crippen LogP contribution in [0.3, 0.4) is 0 Å². The SMILES string of the molecule is CC(C)(C)CCN1C(=O)C(c2cccc(-c3cccc(Cl)c3)c2)(C2CC2)N=C1N. The van der Waals surface area contributed by atoms with Crippen LogP contribution in [-0.4, -0.2) is 23.3 Å². The molecule has 1 saturated carbocycles. The molecule has 1 unspecified atom stereocenters. The number of nitrogens with zero attached hydrogens (tertiary/aromatic N) is 2. The zero-order valence-electron chi connectivity index (χ0n) is 17.3. The van der Waals surface area contributed by atoms with Crippen LogP contribution in [0.25, 0.3) is 11.1 Å². The van der Waals surface area contributed by atoms with Crippen molar-refractivity contribution < 1.29 is 4.79 Å². The molecule has 1 heterocycles. The molecule has 4 nitrogen and oxygen atoms in total. The molecule has 0 spiro atoms. The van der Waals surface area contributed by atoms with Crippen molar-refractivity contribution in [2.45, 2.75) is 45.6 Å². The third kappa shape index (κ3) is 3.78. The third-order valence-corrected chi connectivity index (χ3v) is 6.09. The number of nitrogens with two attached hydrogens (primary N) is 1.